The molecule has 0 bridgehead atoms. The minimum absolute atomic E-state index is 0.339. The quantitative estimate of drug-likeness (QED) is 0.710. The lowest BCUT2D eigenvalue weighted by molar-refractivity contribution is 0.698. The van der Waals surface area contributed by atoms with Crippen LogP contribution < -0.4 is 11.2 Å². The average Bonchev–Trinajstić information content (AvgIpc) is 2.62. The molecule has 0 unspecified atom stereocenters. The van der Waals surface area contributed by atoms with E-state index in [1.807, 2.05) is 0 Å². The second kappa shape index (κ2) is 4.03. The van der Waals surface area contributed by atoms with Crippen molar-refractivity contribution in [1.29, 1.82) is 0 Å². The Bertz CT molecular complexity index is 695. The molecule has 0 saturated carbocycles. The van der Waals surface area contributed by atoms with Gasteiger partial charge in [-0.1, -0.05) is 0 Å². The molecule has 0 saturated heterocycles. The Labute approximate surface area is 102 Å². The van der Waals surface area contributed by atoms with E-state index in [1.165, 1.54) is 11.6 Å². The van der Waals surface area contributed by atoms with Crippen molar-refractivity contribution in [1.82, 2.24) is 18.7 Å². The summed E-state index contributed by atoms with van der Waals surface area (Å²) in [6.45, 7) is 2.29. The fraction of sp³-hybridized carbons (Fsp3) is 0.500. The van der Waals surface area contributed by atoms with Gasteiger partial charge in [-0.2, -0.15) is 0 Å². The number of imidazole rings is 1. The predicted octanol–water partition coefficient (Wildman–Crippen LogP) is -0.0191. The fourth-order valence-corrected chi connectivity index (χ4v) is 2.08. The van der Waals surface area contributed by atoms with Gasteiger partial charge in [-0.3, -0.25) is 13.9 Å². The van der Waals surface area contributed by atoms with E-state index in [0.717, 1.165) is 4.57 Å². The molecular weight excluding hydrogens is 244 g/mol. The number of aryl methyl sites for hydroxylation is 3. The van der Waals surface area contributed by atoms with Crippen molar-refractivity contribution >= 4 is 22.8 Å². The van der Waals surface area contributed by atoms with Gasteiger partial charge in [0.05, 0.1) is 0 Å². The molecule has 0 aliphatic heterocycles. The summed E-state index contributed by atoms with van der Waals surface area (Å²) in [5.41, 5.74) is 0.111. The summed E-state index contributed by atoms with van der Waals surface area (Å²) in [5, 5.41) is 0. The lowest BCUT2D eigenvalue weighted by Gasteiger charge is -2.05. The molecule has 0 N–H and O–H groups in total. The van der Waals surface area contributed by atoms with E-state index in [1.54, 1.807) is 18.5 Å². The van der Waals surface area contributed by atoms with Gasteiger partial charge in [-0.05, 0) is 6.92 Å². The first-order chi connectivity index (χ1) is 7.99. The molecule has 2 aromatic heterocycles. The molecule has 7 heteroatoms. The molecular formula is C10H13ClN4O2. The Morgan fingerprint density at radius 3 is 2.47 bits per heavy atom. The maximum absolute atomic E-state index is 12.1. The van der Waals surface area contributed by atoms with Gasteiger partial charge in [0.2, 0.25) is 0 Å². The minimum atomic E-state index is -0.377. The number of hydrogen-bond acceptors (Lipinski definition) is 3. The van der Waals surface area contributed by atoms with Crippen molar-refractivity contribution in [2.75, 3.05) is 5.88 Å². The minimum Gasteiger partial charge on any atom is -0.321 e. The van der Waals surface area contributed by atoms with Crippen LogP contribution in [0.1, 0.15) is 5.82 Å². The summed E-state index contributed by atoms with van der Waals surface area (Å²) in [7, 11) is 3.05. The van der Waals surface area contributed by atoms with Gasteiger partial charge < -0.3 is 4.57 Å². The molecule has 0 atom stereocenters. The van der Waals surface area contributed by atoms with Crippen molar-refractivity contribution in [3.8, 4) is 0 Å². The lowest BCUT2D eigenvalue weighted by Crippen LogP contribution is -2.37. The molecule has 0 aromatic carbocycles. The molecule has 0 amide bonds. The van der Waals surface area contributed by atoms with Crippen LogP contribution in [-0.2, 0) is 20.6 Å². The zero-order chi connectivity index (χ0) is 12.7. The third-order valence-corrected chi connectivity index (χ3v) is 3.02. The fourth-order valence-electron chi connectivity index (χ4n) is 1.91. The van der Waals surface area contributed by atoms with Crippen LogP contribution in [0.15, 0.2) is 9.59 Å². The normalized spacial score (nSPS) is 11.3. The second-order valence-corrected chi connectivity index (χ2v) is 4.26. The molecule has 0 spiro atoms. The monoisotopic (exact) mass is 256 g/mol. The standard InChI is InChI=1S/C10H13ClN4O2/c1-6-12-8-7(15(6)5-4-11)9(16)14(3)10(17)13(8)2/h4-5H2,1-3H3. The highest BCUT2D eigenvalue weighted by Crippen LogP contribution is 2.10. The van der Waals surface area contributed by atoms with Crippen LogP contribution in [0.3, 0.4) is 0 Å². The third kappa shape index (κ3) is 1.59. The Balaban J connectivity index is 3.02. The predicted molar refractivity (Wildman–Crippen MR) is 65.7 cm³/mol. The van der Waals surface area contributed by atoms with E-state index < -0.39 is 0 Å². The molecule has 92 valence electrons. The summed E-state index contributed by atoms with van der Waals surface area (Å²) < 4.78 is 4.19. The third-order valence-electron chi connectivity index (χ3n) is 2.85. The topological polar surface area (TPSA) is 61.8 Å². The van der Waals surface area contributed by atoms with Crippen LogP contribution in [0.25, 0.3) is 11.2 Å². The van der Waals surface area contributed by atoms with E-state index >= 15 is 0 Å². The molecule has 6 nitrogen and oxygen atoms in total. The maximum Gasteiger partial charge on any atom is 0.332 e. The number of nitrogens with zero attached hydrogens (tertiary/aromatic N) is 4. The van der Waals surface area contributed by atoms with Crippen molar-refractivity contribution in [3.05, 3.63) is 26.7 Å². The number of fused-ring (bicyclic) bond motifs is 1. The van der Waals surface area contributed by atoms with E-state index in [-0.39, 0.29) is 11.2 Å². The molecule has 0 aliphatic carbocycles. The van der Waals surface area contributed by atoms with E-state index in [0.29, 0.717) is 29.4 Å². The number of aromatic nitrogens is 4. The van der Waals surface area contributed by atoms with Crippen molar-refractivity contribution < 1.29 is 0 Å². The summed E-state index contributed by atoms with van der Waals surface area (Å²) in [4.78, 5) is 28.0. The van der Waals surface area contributed by atoms with Crippen LogP contribution in [-0.4, -0.2) is 24.6 Å². The van der Waals surface area contributed by atoms with Gasteiger partial charge in [0, 0.05) is 26.5 Å². The molecule has 2 heterocycles. The Morgan fingerprint density at radius 1 is 1.24 bits per heavy atom. The zero-order valence-corrected chi connectivity index (χ0v) is 10.7. The number of alkyl halides is 1. The summed E-state index contributed by atoms with van der Waals surface area (Å²) in [6, 6.07) is 0. The first kappa shape index (κ1) is 11.9. The summed E-state index contributed by atoms with van der Waals surface area (Å²) in [5.74, 6) is 1.07. The highest BCUT2D eigenvalue weighted by atomic mass is 35.5. The van der Waals surface area contributed by atoms with Crippen LogP contribution in [0, 0.1) is 6.92 Å². The van der Waals surface area contributed by atoms with E-state index in [2.05, 4.69) is 4.98 Å². The number of halogens is 1. The highest BCUT2D eigenvalue weighted by Gasteiger charge is 2.16. The first-order valence-electron chi connectivity index (χ1n) is 5.18. The van der Waals surface area contributed by atoms with E-state index in [4.69, 9.17) is 11.6 Å². The van der Waals surface area contributed by atoms with E-state index in [9.17, 15) is 9.59 Å². The molecule has 0 aliphatic rings. The van der Waals surface area contributed by atoms with Crippen LogP contribution in [0.5, 0.6) is 0 Å². The summed E-state index contributed by atoms with van der Waals surface area (Å²) in [6.07, 6.45) is 0. The second-order valence-electron chi connectivity index (χ2n) is 3.88. The largest absolute Gasteiger partial charge is 0.332 e. The lowest BCUT2D eigenvalue weighted by atomic mass is 10.5. The SMILES string of the molecule is Cc1nc2c(c(=O)n(C)c(=O)n2C)n1CCCl. The van der Waals surface area contributed by atoms with Gasteiger partial charge in [-0.15, -0.1) is 11.6 Å². The van der Waals surface area contributed by atoms with Crippen molar-refractivity contribution in [2.45, 2.75) is 13.5 Å². The first-order valence-corrected chi connectivity index (χ1v) is 5.71. The van der Waals surface area contributed by atoms with Gasteiger partial charge in [0.1, 0.15) is 5.82 Å². The van der Waals surface area contributed by atoms with Crippen molar-refractivity contribution in [2.24, 2.45) is 14.1 Å². The van der Waals surface area contributed by atoms with Gasteiger partial charge in [-0.25, -0.2) is 9.78 Å². The van der Waals surface area contributed by atoms with Crippen molar-refractivity contribution in [3.63, 3.8) is 0 Å². The number of rotatable bonds is 2. The van der Waals surface area contributed by atoms with Gasteiger partial charge in [0.25, 0.3) is 5.56 Å². The molecule has 0 fully saturated rings. The Kier molecular flexibility index (Phi) is 2.82. The number of hydrogen-bond donors (Lipinski definition) is 0. The molecule has 17 heavy (non-hydrogen) atoms. The van der Waals surface area contributed by atoms with Crippen LogP contribution in [0.2, 0.25) is 0 Å². The van der Waals surface area contributed by atoms with Gasteiger partial charge >= 0.3 is 5.69 Å². The van der Waals surface area contributed by atoms with Crippen LogP contribution >= 0.6 is 11.6 Å². The Hall–Kier alpha value is -1.56. The molecule has 2 rings (SSSR count). The highest BCUT2D eigenvalue weighted by molar-refractivity contribution is 6.17. The smallest absolute Gasteiger partial charge is 0.321 e. The van der Waals surface area contributed by atoms with Gasteiger partial charge in [0.15, 0.2) is 11.2 Å². The van der Waals surface area contributed by atoms with Crippen LogP contribution in [0.4, 0.5) is 0 Å². The summed E-state index contributed by atoms with van der Waals surface area (Å²) >= 11 is 5.70. The average molecular weight is 257 g/mol. The zero-order valence-electron chi connectivity index (χ0n) is 9.90. The molecule has 0 radical (unpaired) electrons. The molecule has 2 aromatic rings. The Morgan fingerprint density at radius 2 is 1.88 bits per heavy atom. The maximum atomic E-state index is 12.1.